The van der Waals surface area contributed by atoms with E-state index < -0.39 is 0 Å². The second-order valence-electron chi connectivity index (χ2n) is 4.00. The van der Waals surface area contributed by atoms with Gasteiger partial charge in [-0.05, 0) is 24.7 Å². The van der Waals surface area contributed by atoms with Gasteiger partial charge in [0.15, 0.2) is 0 Å². The van der Waals surface area contributed by atoms with Gasteiger partial charge in [0.2, 0.25) is 5.91 Å². The third-order valence-electron chi connectivity index (χ3n) is 2.47. The van der Waals surface area contributed by atoms with Crippen molar-refractivity contribution in [2.75, 3.05) is 24.7 Å². The minimum Gasteiger partial charge on any atom is -0.324 e. The molecule has 0 aromatic heterocycles. The molecule has 17 heavy (non-hydrogen) atoms. The summed E-state index contributed by atoms with van der Waals surface area (Å²) in [6.45, 7) is 1.11. The summed E-state index contributed by atoms with van der Waals surface area (Å²) in [6.07, 6.45) is 0. The molecule has 1 amide bonds. The summed E-state index contributed by atoms with van der Waals surface area (Å²) in [6, 6.07) is 8.15. The minimum absolute atomic E-state index is 0.0463. The summed E-state index contributed by atoms with van der Waals surface area (Å²) in [5.74, 6) is 0.533. The summed E-state index contributed by atoms with van der Waals surface area (Å²) in [5.41, 5.74) is 1.98. The van der Waals surface area contributed by atoms with E-state index in [1.165, 1.54) is 0 Å². The average Bonchev–Trinajstić information content (AvgIpc) is 2.28. The Balaban J connectivity index is 2.13. The molecule has 88 valence electrons. The number of carbonyl (C=O) groups excluding carboxylic acids is 1. The molecule has 5 heteroatoms. The standard InChI is InChI=1S/C12H13N3OS/c1-15(5-4-13)7-9-2-3-11-10(6-9)14-12(16)8-17-11/h2-3,6H,5,7-8H2,1H3,(H,14,16). The van der Waals surface area contributed by atoms with Crippen LogP contribution in [0.4, 0.5) is 5.69 Å². The first-order valence-corrected chi connectivity index (χ1v) is 6.28. The van der Waals surface area contributed by atoms with Crippen molar-refractivity contribution in [3.05, 3.63) is 23.8 Å². The van der Waals surface area contributed by atoms with Crippen LogP contribution in [0.3, 0.4) is 0 Å². The molecule has 0 saturated heterocycles. The van der Waals surface area contributed by atoms with Crippen molar-refractivity contribution in [2.45, 2.75) is 11.4 Å². The number of nitriles is 1. The van der Waals surface area contributed by atoms with E-state index in [9.17, 15) is 4.79 Å². The van der Waals surface area contributed by atoms with Gasteiger partial charge in [0, 0.05) is 11.4 Å². The largest absolute Gasteiger partial charge is 0.324 e. The first kappa shape index (κ1) is 12.0. The molecule has 1 N–H and O–H groups in total. The molecule has 1 aromatic carbocycles. The maximum atomic E-state index is 11.3. The van der Waals surface area contributed by atoms with Crippen LogP contribution in [0, 0.1) is 11.3 Å². The van der Waals surface area contributed by atoms with Gasteiger partial charge in [0.05, 0.1) is 24.1 Å². The molecule has 0 saturated carbocycles. The predicted octanol–water partition coefficient (Wildman–Crippen LogP) is 1.69. The fourth-order valence-corrected chi connectivity index (χ4v) is 2.51. The normalized spacial score (nSPS) is 14.1. The highest BCUT2D eigenvalue weighted by Gasteiger charge is 2.15. The van der Waals surface area contributed by atoms with Gasteiger partial charge >= 0.3 is 0 Å². The van der Waals surface area contributed by atoms with Gasteiger partial charge in [-0.15, -0.1) is 11.8 Å². The molecule has 1 aromatic rings. The second kappa shape index (κ2) is 5.21. The van der Waals surface area contributed by atoms with E-state index in [4.69, 9.17) is 5.26 Å². The first-order chi connectivity index (χ1) is 8.19. The van der Waals surface area contributed by atoms with Crippen molar-refractivity contribution in [3.63, 3.8) is 0 Å². The molecule has 1 heterocycles. The number of nitrogens with one attached hydrogen (secondary N) is 1. The highest BCUT2D eigenvalue weighted by Crippen LogP contribution is 2.32. The van der Waals surface area contributed by atoms with Gasteiger partial charge in [0.1, 0.15) is 0 Å². The van der Waals surface area contributed by atoms with Crippen LogP contribution in [0.25, 0.3) is 0 Å². The molecule has 0 bridgehead atoms. The number of rotatable bonds is 3. The Morgan fingerprint density at radius 3 is 3.18 bits per heavy atom. The Kier molecular flexibility index (Phi) is 3.67. The molecule has 0 aliphatic carbocycles. The molecule has 1 aliphatic heterocycles. The van der Waals surface area contributed by atoms with Crippen LogP contribution in [0.5, 0.6) is 0 Å². The quantitative estimate of drug-likeness (QED) is 0.826. The second-order valence-corrected chi connectivity index (χ2v) is 5.01. The molecule has 0 atom stereocenters. The summed E-state index contributed by atoms with van der Waals surface area (Å²) in [4.78, 5) is 14.3. The first-order valence-electron chi connectivity index (χ1n) is 5.30. The molecule has 0 fully saturated rings. The fraction of sp³-hybridized carbons (Fsp3) is 0.333. The van der Waals surface area contributed by atoms with Crippen LogP contribution in [0.2, 0.25) is 0 Å². The Morgan fingerprint density at radius 1 is 1.59 bits per heavy atom. The van der Waals surface area contributed by atoms with Gasteiger partial charge in [-0.2, -0.15) is 5.26 Å². The van der Waals surface area contributed by atoms with Gasteiger partial charge in [-0.3, -0.25) is 9.69 Å². The van der Waals surface area contributed by atoms with Crippen molar-refractivity contribution in [1.82, 2.24) is 4.90 Å². The number of hydrogen-bond acceptors (Lipinski definition) is 4. The lowest BCUT2D eigenvalue weighted by Crippen LogP contribution is -2.20. The zero-order chi connectivity index (χ0) is 12.3. The molecule has 1 aliphatic rings. The third kappa shape index (κ3) is 2.99. The molecular formula is C12H13N3OS. The molecule has 2 rings (SSSR count). The van der Waals surface area contributed by atoms with Crippen LogP contribution in [-0.4, -0.2) is 30.2 Å². The Labute approximate surface area is 105 Å². The molecule has 0 unspecified atom stereocenters. The number of carbonyl (C=O) groups is 1. The van der Waals surface area contributed by atoms with Crippen molar-refractivity contribution >= 4 is 23.4 Å². The van der Waals surface area contributed by atoms with E-state index >= 15 is 0 Å². The summed E-state index contributed by atoms with van der Waals surface area (Å²) >= 11 is 1.56. The zero-order valence-electron chi connectivity index (χ0n) is 9.56. The fourth-order valence-electron chi connectivity index (χ4n) is 1.72. The number of anilines is 1. The van der Waals surface area contributed by atoms with Crippen LogP contribution < -0.4 is 5.32 Å². The van der Waals surface area contributed by atoms with Gasteiger partial charge in [-0.1, -0.05) is 6.07 Å². The number of nitrogens with zero attached hydrogens (tertiary/aromatic N) is 2. The summed E-state index contributed by atoms with van der Waals surface area (Å²) in [5, 5.41) is 11.5. The maximum absolute atomic E-state index is 11.3. The Morgan fingerprint density at radius 2 is 2.41 bits per heavy atom. The van der Waals surface area contributed by atoms with Gasteiger partial charge in [0.25, 0.3) is 0 Å². The lowest BCUT2D eigenvalue weighted by Gasteiger charge is -2.18. The highest BCUT2D eigenvalue weighted by atomic mass is 32.2. The van der Waals surface area contributed by atoms with E-state index in [0.717, 1.165) is 16.1 Å². The van der Waals surface area contributed by atoms with Crippen molar-refractivity contribution in [2.24, 2.45) is 0 Å². The number of hydrogen-bond donors (Lipinski definition) is 1. The van der Waals surface area contributed by atoms with Crippen molar-refractivity contribution < 1.29 is 4.79 Å². The van der Waals surface area contributed by atoms with Crippen LogP contribution >= 0.6 is 11.8 Å². The lowest BCUT2D eigenvalue weighted by molar-refractivity contribution is -0.113. The average molecular weight is 247 g/mol. The van der Waals surface area contributed by atoms with Crippen LogP contribution in [0.15, 0.2) is 23.1 Å². The van der Waals surface area contributed by atoms with E-state index in [1.807, 2.05) is 30.1 Å². The number of benzene rings is 1. The van der Waals surface area contributed by atoms with E-state index in [2.05, 4.69) is 11.4 Å². The van der Waals surface area contributed by atoms with Crippen LogP contribution in [0.1, 0.15) is 5.56 Å². The lowest BCUT2D eigenvalue weighted by atomic mass is 10.2. The minimum atomic E-state index is 0.0463. The monoisotopic (exact) mass is 247 g/mol. The topological polar surface area (TPSA) is 56.1 Å². The Bertz CT molecular complexity index is 481. The molecule has 4 nitrogen and oxygen atoms in total. The number of fused-ring (bicyclic) bond motifs is 1. The van der Waals surface area contributed by atoms with Crippen molar-refractivity contribution in [1.29, 1.82) is 5.26 Å². The number of thioether (sulfide) groups is 1. The third-order valence-corrected chi connectivity index (χ3v) is 3.54. The highest BCUT2D eigenvalue weighted by molar-refractivity contribution is 8.00. The smallest absolute Gasteiger partial charge is 0.234 e. The molecule has 0 radical (unpaired) electrons. The zero-order valence-corrected chi connectivity index (χ0v) is 10.4. The molecule has 0 spiro atoms. The Hall–Kier alpha value is -1.51. The van der Waals surface area contributed by atoms with Gasteiger partial charge < -0.3 is 5.32 Å². The van der Waals surface area contributed by atoms with Gasteiger partial charge in [-0.25, -0.2) is 0 Å². The summed E-state index contributed by atoms with van der Waals surface area (Å²) in [7, 11) is 1.90. The summed E-state index contributed by atoms with van der Waals surface area (Å²) < 4.78 is 0. The van der Waals surface area contributed by atoms with Crippen molar-refractivity contribution in [3.8, 4) is 6.07 Å². The van der Waals surface area contributed by atoms with E-state index in [-0.39, 0.29) is 5.91 Å². The van der Waals surface area contributed by atoms with Crippen LogP contribution in [-0.2, 0) is 11.3 Å². The maximum Gasteiger partial charge on any atom is 0.234 e. The van der Waals surface area contributed by atoms with E-state index in [1.54, 1.807) is 11.8 Å². The molecular weight excluding hydrogens is 234 g/mol. The number of amides is 1. The SMILES string of the molecule is CN(CC#N)Cc1ccc2c(c1)NC(=O)CS2. The van der Waals surface area contributed by atoms with E-state index in [0.29, 0.717) is 18.8 Å². The predicted molar refractivity (Wildman–Crippen MR) is 67.7 cm³/mol.